The van der Waals surface area contributed by atoms with E-state index in [1.165, 1.54) is 31.2 Å². The number of benzene rings is 2. The quantitative estimate of drug-likeness (QED) is 0.458. The van der Waals surface area contributed by atoms with Crippen molar-refractivity contribution in [3.05, 3.63) is 74.3 Å². The van der Waals surface area contributed by atoms with Crippen LogP contribution in [0.25, 0.3) is 0 Å². The summed E-state index contributed by atoms with van der Waals surface area (Å²) >= 11 is 5.96. The van der Waals surface area contributed by atoms with Crippen LogP contribution in [0.5, 0.6) is 0 Å². The second-order valence-electron chi connectivity index (χ2n) is 7.56. The van der Waals surface area contributed by atoms with Crippen LogP contribution in [0.2, 0.25) is 5.02 Å². The van der Waals surface area contributed by atoms with Gasteiger partial charge in [0.15, 0.2) is 0 Å². The number of nitrogens with one attached hydrogen (secondary N) is 3. The molecule has 2 atom stereocenters. The molecule has 1 amide bonds. The molecular formula is C21H22ClFN4O5S. The van der Waals surface area contributed by atoms with Crippen LogP contribution in [-0.2, 0) is 14.8 Å². The lowest BCUT2D eigenvalue weighted by molar-refractivity contribution is -0.114. The predicted molar refractivity (Wildman–Crippen MR) is 120 cm³/mol. The fourth-order valence-corrected chi connectivity index (χ4v) is 5.11. The number of carbonyl (C=O) groups excluding carboxylic acids is 1. The lowest BCUT2D eigenvalue weighted by Gasteiger charge is -2.25. The number of aromatic nitrogens is 2. The highest BCUT2D eigenvalue weighted by atomic mass is 35.5. The Bertz CT molecular complexity index is 1370. The minimum absolute atomic E-state index is 0.0460. The molecule has 1 aromatic heterocycles. The lowest BCUT2D eigenvalue weighted by atomic mass is 9.88. The number of carbonyl (C=O) groups is 1. The number of aromatic amines is 1. The Kier molecular flexibility index (Phi) is 7.06. The van der Waals surface area contributed by atoms with Crippen molar-refractivity contribution >= 4 is 33.2 Å². The molecule has 2 unspecified atom stereocenters. The third-order valence-corrected chi connectivity index (χ3v) is 6.97. The normalized spacial score (nSPS) is 13.5. The topological polar surface area (TPSA) is 134 Å². The average molecular weight is 497 g/mol. The maximum atomic E-state index is 14.8. The van der Waals surface area contributed by atoms with Gasteiger partial charge in [0, 0.05) is 17.9 Å². The van der Waals surface area contributed by atoms with E-state index in [1.54, 1.807) is 26.8 Å². The molecule has 3 N–H and O–H groups in total. The Hall–Kier alpha value is -3.02. The van der Waals surface area contributed by atoms with Crippen molar-refractivity contribution in [1.29, 1.82) is 0 Å². The molecule has 2 aromatic carbocycles. The van der Waals surface area contributed by atoms with Gasteiger partial charge in [-0.3, -0.25) is 4.79 Å². The van der Waals surface area contributed by atoms with Crippen molar-refractivity contribution in [2.24, 2.45) is 0 Å². The standard InChI is InChI=1S/C21H22ClFN4O5S/c1-10-5-7-15(23)18(11(10)2)12(3)19(20-25-26-21(29)32-20)27-33(30,31)17-8-6-14(22)9-16(17)24-13(4)28/h5-9,12,19,27H,1-4H3,(H,24,28)(H,26,29). The van der Waals surface area contributed by atoms with E-state index < -0.39 is 39.5 Å². The Morgan fingerprint density at radius 1 is 1.24 bits per heavy atom. The van der Waals surface area contributed by atoms with E-state index in [9.17, 15) is 22.4 Å². The summed E-state index contributed by atoms with van der Waals surface area (Å²) in [6.07, 6.45) is 0. The molecule has 0 saturated heterocycles. The average Bonchev–Trinajstić information content (AvgIpc) is 3.14. The van der Waals surface area contributed by atoms with Crippen LogP contribution in [0.3, 0.4) is 0 Å². The Labute approximate surface area is 194 Å². The van der Waals surface area contributed by atoms with Gasteiger partial charge in [-0.2, -0.15) is 4.72 Å². The Balaban J connectivity index is 2.12. The number of nitrogens with zero attached hydrogens (tertiary/aromatic N) is 1. The second kappa shape index (κ2) is 9.46. The van der Waals surface area contributed by atoms with Gasteiger partial charge in [0.2, 0.25) is 21.8 Å². The summed E-state index contributed by atoms with van der Waals surface area (Å²) in [6.45, 7) is 6.32. The van der Waals surface area contributed by atoms with Crippen LogP contribution < -0.4 is 15.8 Å². The molecular weight excluding hydrogens is 475 g/mol. The van der Waals surface area contributed by atoms with E-state index in [0.29, 0.717) is 5.56 Å². The summed E-state index contributed by atoms with van der Waals surface area (Å²) < 4.78 is 49.0. The fourth-order valence-electron chi connectivity index (χ4n) is 3.53. The number of aryl methyl sites for hydroxylation is 1. The number of hydrogen-bond acceptors (Lipinski definition) is 6. The summed E-state index contributed by atoms with van der Waals surface area (Å²) in [7, 11) is -4.34. The molecule has 12 heteroatoms. The van der Waals surface area contributed by atoms with Gasteiger partial charge in [0.25, 0.3) is 0 Å². The minimum Gasteiger partial charge on any atom is -0.391 e. The van der Waals surface area contributed by atoms with E-state index in [0.717, 1.165) is 5.56 Å². The van der Waals surface area contributed by atoms with E-state index >= 15 is 0 Å². The summed E-state index contributed by atoms with van der Waals surface area (Å²) in [5.41, 5.74) is 1.62. The van der Waals surface area contributed by atoms with Gasteiger partial charge < -0.3 is 9.73 Å². The lowest BCUT2D eigenvalue weighted by Crippen LogP contribution is -2.33. The number of H-pyrrole nitrogens is 1. The number of amides is 1. The number of sulfonamides is 1. The molecule has 9 nitrogen and oxygen atoms in total. The maximum Gasteiger partial charge on any atom is 0.434 e. The molecule has 0 bridgehead atoms. The molecule has 33 heavy (non-hydrogen) atoms. The van der Waals surface area contributed by atoms with Crippen LogP contribution in [0.15, 0.2) is 44.4 Å². The van der Waals surface area contributed by atoms with Gasteiger partial charge in [0.05, 0.1) is 5.69 Å². The van der Waals surface area contributed by atoms with Gasteiger partial charge >= 0.3 is 5.76 Å². The van der Waals surface area contributed by atoms with Crippen molar-refractivity contribution in [2.75, 3.05) is 5.32 Å². The Morgan fingerprint density at radius 2 is 1.94 bits per heavy atom. The van der Waals surface area contributed by atoms with Crippen LogP contribution in [0.4, 0.5) is 10.1 Å². The Morgan fingerprint density at radius 3 is 2.55 bits per heavy atom. The molecule has 3 aromatic rings. The first-order chi connectivity index (χ1) is 15.4. The van der Waals surface area contributed by atoms with Gasteiger partial charge in [-0.15, -0.1) is 5.10 Å². The monoisotopic (exact) mass is 496 g/mol. The zero-order valence-corrected chi connectivity index (χ0v) is 19.8. The van der Waals surface area contributed by atoms with Crippen LogP contribution in [-0.4, -0.2) is 24.5 Å². The summed E-state index contributed by atoms with van der Waals surface area (Å²) in [6, 6.07) is 5.49. The molecule has 0 aliphatic rings. The highest BCUT2D eigenvalue weighted by molar-refractivity contribution is 7.89. The first-order valence-electron chi connectivity index (χ1n) is 9.81. The summed E-state index contributed by atoms with van der Waals surface area (Å²) in [5.74, 6) is -3.05. The van der Waals surface area contributed by atoms with Crippen molar-refractivity contribution < 1.29 is 22.0 Å². The first-order valence-corrected chi connectivity index (χ1v) is 11.7. The molecule has 0 fully saturated rings. The first kappa shape index (κ1) is 24.6. The third-order valence-electron chi connectivity index (χ3n) is 5.23. The maximum absolute atomic E-state index is 14.8. The van der Waals surface area contributed by atoms with Gasteiger partial charge in [-0.25, -0.2) is 22.7 Å². The number of anilines is 1. The number of hydrogen-bond donors (Lipinski definition) is 3. The highest BCUT2D eigenvalue weighted by Gasteiger charge is 2.34. The zero-order chi connectivity index (χ0) is 24.5. The van der Waals surface area contributed by atoms with E-state index in [2.05, 4.69) is 20.2 Å². The zero-order valence-electron chi connectivity index (χ0n) is 18.2. The highest BCUT2D eigenvalue weighted by Crippen LogP contribution is 2.36. The third kappa shape index (κ3) is 5.32. The second-order valence-corrected chi connectivity index (χ2v) is 9.68. The summed E-state index contributed by atoms with van der Waals surface area (Å²) in [5, 5.41) is 8.49. The minimum atomic E-state index is -4.34. The van der Waals surface area contributed by atoms with Crippen LogP contribution >= 0.6 is 11.6 Å². The molecule has 0 aliphatic carbocycles. The smallest absolute Gasteiger partial charge is 0.391 e. The van der Waals surface area contributed by atoms with E-state index in [1.807, 2.05) is 0 Å². The van der Waals surface area contributed by atoms with Gasteiger partial charge in [-0.1, -0.05) is 24.6 Å². The van der Waals surface area contributed by atoms with Crippen molar-refractivity contribution in [2.45, 2.75) is 44.6 Å². The molecule has 0 spiro atoms. The van der Waals surface area contributed by atoms with E-state index in [-0.39, 0.29) is 27.1 Å². The molecule has 176 valence electrons. The fraction of sp³-hybridized carbons (Fsp3) is 0.286. The molecule has 0 saturated carbocycles. The van der Waals surface area contributed by atoms with Crippen LogP contribution in [0, 0.1) is 19.7 Å². The molecule has 0 aliphatic heterocycles. The molecule has 3 rings (SSSR count). The van der Waals surface area contributed by atoms with Crippen LogP contribution in [0.1, 0.15) is 48.4 Å². The van der Waals surface area contributed by atoms with Gasteiger partial charge in [0.1, 0.15) is 16.8 Å². The predicted octanol–water partition coefficient (Wildman–Crippen LogP) is 3.55. The van der Waals surface area contributed by atoms with Gasteiger partial charge in [-0.05, 0) is 54.8 Å². The summed E-state index contributed by atoms with van der Waals surface area (Å²) in [4.78, 5) is 22.9. The number of rotatable bonds is 7. The SMILES string of the molecule is CC(=O)Nc1cc(Cl)ccc1S(=O)(=O)NC(c1n[nH]c(=O)o1)C(C)c1c(F)ccc(C)c1C. The number of halogens is 2. The molecule has 1 heterocycles. The van der Waals surface area contributed by atoms with E-state index in [4.69, 9.17) is 16.0 Å². The van der Waals surface area contributed by atoms with Crippen molar-refractivity contribution in [1.82, 2.24) is 14.9 Å². The molecule has 0 radical (unpaired) electrons. The van der Waals surface area contributed by atoms with Crippen molar-refractivity contribution in [3.8, 4) is 0 Å². The largest absolute Gasteiger partial charge is 0.434 e. The van der Waals surface area contributed by atoms with Crippen molar-refractivity contribution in [3.63, 3.8) is 0 Å².